The molecular formula is C17H18BrClN2OS. The smallest absolute Gasteiger partial charge is 0.171 e. The molecule has 2 N–H and O–H groups in total. The van der Waals surface area contributed by atoms with Crippen LogP contribution >= 0.6 is 39.7 Å². The first-order valence-electron chi connectivity index (χ1n) is 7.20. The zero-order valence-corrected chi connectivity index (χ0v) is 16.1. The predicted octanol–water partition coefficient (Wildman–Crippen LogP) is 5.55. The number of hydrogen-bond acceptors (Lipinski definition) is 2. The Morgan fingerprint density at radius 2 is 1.96 bits per heavy atom. The van der Waals surface area contributed by atoms with Gasteiger partial charge in [-0.25, -0.2) is 0 Å². The van der Waals surface area contributed by atoms with Gasteiger partial charge in [-0.2, -0.15) is 0 Å². The summed E-state index contributed by atoms with van der Waals surface area (Å²) >= 11 is 14.9. The van der Waals surface area contributed by atoms with Gasteiger partial charge >= 0.3 is 0 Å². The van der Waals surface area contributed by atoms with Crippen LogP contribution in [0.1, 0.15) is 24.9 Å². The number of nitrogens with one attached hydrogen (secondary N) is 2. The van der Waals surface area contributed by atoms with E-state index in [2.05, 4.69) is 33.5 Å². The highest BCUT2D eigenvalue weighted by molar-refractivity contribution is 9.10. The number of methoxy groups -OCH3 is 1. The third-order valence-corrected chi connectivity index (χ3v) is 4.86. The minimum Gasteiger partial charge on any atom is -0.497 e. The molecule has 122 valence electrons. The van der Waals surface area contributed by atoms with Gasteiger partial charge in [0.2, 0.25) is 0 Å². The van der Waals surface area contributed by atoms with Crippen LogP contribution in [0.15, 0.2) is 46.9 Å². The largest absolute Gasteiger partial charge is 0.497 e. The minimum atomic E-state index is 0.131. The Labute approximate surface area is 155 Å². The van der Waals surface area contributed by atoms with Crippen LogP contribution in [0.4, 0.5) is 5.69 Å². The zero-order chi connectivity index (χ0) is 16.8. The summed E-state index contributed by atoms with van der Waals surface area (Å²) in [6.45, 7) is 2.11. The number of benzene rings is 2. The van der Waals surface area contributed by atoms with E-state index in [1.165, 1.54) is 0 Å². The summed E-state index contributed by atoms with van der Waals surface area (Å²) < 4.78 is 6.04. The molecule has 6 heteroatoms. The topological polar surface area (TPSA) is 33.3 Å². The van der Waals surface area contributed by atoms with E-state index in [1.54, 1.807) is 7.11 Å². The highest BCUT2D eigenvalue weighted by Gasteiger charge is 2.11. The van der Waals surface area contributed by atoms with Gasteiger partial charge in [0, 0.05) is 10.2 Å². The summed E-state index contributed by atoms with van der Waals surface area (Å²) in [6, 6.07) is 13.7. The molecule has 0 spiro atoms. The Kier molecular flexibility index (Phi) is 6.69. The Hall–Kier alpha value is -1.30. The van der Waals surface area contributed by atoms with Crippen LogP contribution in [-0.2, 0) is 0 Å². The molecule has 0 aromatic heterocycles. The third kappa shape index (κ3) is 5.09. The van der Waals surface area contributed by atoms with Crippen molar-refractivity contribution in [2.45, 2.75) is 19.4 Å². The summed E-state index contributed by atoms with van der Waals surface area (Å²) in [5.74, 6) is 0.841. The number of ether oxygens (including phenoxy) is 1. The molecular weight excluding hydrogens is 396 g/mol. The maximum absolute atomic E-state index is 6.09. The number of anilines is 1. The molecule has 23 heavy (non-hydrogen) atoms. The first-order valence-corrected chi connectivity index (χ1v) is 8.78. The van der Waals surface area contributed by atoms with Gasteiger partial charge in [0.1, 0.15) is 5.75 Å². The molecule has 0 heterocycles. The van der Waals surface area contributed by atoms with Gasteiger partial charge in [0.15, 0.2) is 5.11 Å². The average molecular weight is 414 g/mol. The number of thiocarbonyl (C=S) groups is 1. The summed E-state index contributed by atoms with van der Waals surface area (Å²) in [5, 5.41) is 7.69. The quantitative estimate of drug-likeness (QED) is 0.630. The van der Waals surface area contributed by atoms with Crippen LogP contribution < -0.4 is 15.4 Å². The molecule has 3 nitrogen and oxygen atoms in total. The van der Waals surface area contributed by atoms with Crippen molar-refractivity contribution in [1.29, 1.82) is 0 Å². The Bertz CT molecular complexity index is 679. The molecule has 0 bridgehead atoms. The predicted molar refractivity (Wildman–Crippen MR) is 105 cm³/mol. The maximum atomic E-state index is 6.09. The van der Waals surface area contributed by atoms with Gasteiger partial charge in [-0.15, -0.1) is 0 Å². The monoisotopic (exact) mass is 412 g/mol. The molecule has 0 aliphatic rings. The molecule has 0 unspecified atom stereocenters. The summed E-state index contributed by atoms with van der Waals surface area (Å²) in [7, 11) is 1.66. The maximum Gasteiger partial charge on any atom is 0.171 e. The fourth-order valence-electron chi connectivity index (χ4n) is 2.16. The molecule has 0 amide bonds. The number of rotatable bonds is 5. The van der Waals surface area contributed by atoms with E-state index in [0.29, 0.717) is 10.1 Å². The molecule has 1 atom stereocenters. The fourth-order valence-corrected chi connectivity index (χ4v) is 2.84. The van der Waals surface area contributed by atoms with Crippen molar-refractivity contribution in [3.63, 3.8) is 0 Å². The van der Waals surface area contributed by atoms with Crippen LogP contribution in [-0.4, -0.2) is 12.2 Å². The molecule has 2 aromatic rings. The third-order valence-electron chi connectivity index (χ3n) is 3.41. The van der Waals surface area contributed by atoms with Crippen molar-refractivity contribution in [3.05, 3.63) is 57.5 Å². The van der Waals surface area contributed by atoms with Crippen LogP contribution in [0.5, 0.6) is 5.75 Å². The first kappa shape index (κ1) is 18.0. The lowest BCUT2D eigenvalue weighted by Gasteiger charge is -2.20. The molecule has 0 fully saturated rings. The number of hydrogen-bond donors (Lipinski definition) is 2. The van der Waals surface area contributed by atoms with E-state index < -0.39 is 0 Å². The van der Waals surface area contributed by atoms with Crippen LogP contribution in [0.2, 0.25) is 5.02 Å². The van der Waals surface area contributed by atoms with Gasteiger partial charge in [-0.3, -0.25) is 0 Å². The van der Waals surface area contributed by atoms with Crippen molar-refractivity contribution in [2.24, 2.45) is 0 Å². The lowest BCUT2D eigenvalue weighted by Crippen LogP contribution is -2.32. The molecule has 0 saturated carbocycles. The molecule has 2 rings (SSSR count). The molecule has 0 aliphatic carbocycles. The Morgan fingerprint density at radius 3 is 2.52 bits per heavy atom. The van der Waals surface area contributed by atoms with Gasteiger partial charge in [-0.05, 0) is 70.5 Å². The second kappa shape index (κ2) is 8.52. The van der Waals surface area contributed by atoms with Gasteiger partial charge in [-0.1, -0.05) is 30.7 Å². The SMILES string of the molecule is CC[C@@H](NC(=S)Nc1ccc(Br)c(Cl)c1)c1ccc(OC)cc1. The molecule has 0 radical (unpaired) electrons. The van der Waals surface area contributed by atoms with Crippen molar-refractivity contribution in [1.82, 2.24) is 5.32 Å². The highest BCUT2D eigenvalue weighted by Crippen LogP contribution is 2.26. The second-order valence-electron chi connectivity index (χ2n) is 4.96. The van der Waals surface area contributed by atoms with Crippen LogP contribution in [0.3, 0.4) is 0 Å². The van der Waals surface area contributed by atoms with Crippen LogP contribution in [0, 0.1) is 0 Å². The minimum absolute atomic E-state index is 0.131. The van der Waals surface area contributed by atoms with Crippen molar-refractivity contribution >= 4 is 50.5 Å². The van der Waals surface area contributed by atoms with E-state index in [0.717, 1.165) is 27.9 Å². The second-order valence-corrected chi connectivity index (χ2v) is 6.63. The number of halogens is 2. The fraction of sp³-hybridized carbons (Fsp3) is 0.235. The van der Waals surface area contributed by atoms with E-state index in [9.17, 15) is 0 Å². The highest BCUT2D eigenvalue weighted by atomic mass is 79.9. The van der Waals surface area contributed by atoms with Crippen molar-refractivity contribution < 1.29 is 4.74 Å². The Morgan fingerprint density at radius 1 is 1.26 bits per heavy atom. The van der Waals surface area contributed by atoms with Gasteiger partial charge in [0.05, 0.1) is 18.2 Å². The molecule has 0 saturated heterocycles. The Balaban J connectivity index is 2.02. The van der Waals surface area contributed by atoms with Crippen molar-refractivity contribution in [2.75, 3.05) is 12.4 Å². The zero-order valence-electron chi connectivity index (χ0n) is 12.9. The van der Waals surface area contributed by atoms with Gasteiger partial charge in [0.25, 0.3) is 0 Å². The van der Waals surface area contributed by atoms with E-state index in [-0.39, 0.29) is 6.04 Å². The van der Waals surface area contributed by atoms with E-state index in [1.807, 2.05) is 42.5 Å². The van der Waals surface area contributed by atoms with Gasteiger partial charge < -0.3 is 15.4 Å². The molecule has 2 aromatic carbocycles. The summed E-state index contributed by atoms with van der Waals surface area (Å²) in [5.41, 5.74) is 2.01. The first-order chi connectivity index (χ1) is 11.0. The lowest BCUT2D eigenvalue weighted by molar-refractivity contribution is 0.414. The summed E-state index contributed by atoms with van der Waals surface area (Å²) in [6.07, 6.45) is 0.912. The van der Waals surface area contributed by atoms with Crippen LogP contribution in [0.25, 0.3) is 0 Å². The van der Waals surface area contributed by atoms with E-state index >= 15 is 0 Å². The van der Waals surface area contributed by atoms with E-state index in [4.69, 9.17) is 28.6 Å². The normalized spacial score (nSPS) is 11.7. The lowest BCUT2D eigenvalue weighted by atomic mass is 10.0. The molecule has 0 aliphatic heterocycles. The van der Waals surface area contributed by atoms with Crippen molar-refractivity contribution in [3.8, 4) is 5.75 Å². The standard InChI is InChI=1S/C17H18BrClN2OS/c1-3-16(11-4-7-13(22-2)8-5-11)21-17(23)20-12-6-9-14(18)15(19)10-12/h4-10,16H,3H2,1-2H3,(H2,20,21,23)/t16-/m1/s1. The average Bonchev–Trinajstić information content (AvgIpc) is 2.56. The summed E-state index contributed by atoms with van der Waals surface area (Å²) in [4.78, 5) is 0.